The zero-order valence-corrected chi connectivity index (χ0v) is 24.7. The van der Waals surface area contributed by atoms with E-state index < -0.39 is 32.4 Å². The summed E-state index contributed by atoms with van der Waals surface area (Å²) in [4.78, 5) is 24.4. The second kappa shape index (κ2) is 20.8. The first-order valence-electron chi connectivity index (χ1n) is 14.6. The highest BCUT2D eigenvalue weighted by Crippen LogP contribution is 2.22. The van der Waals surface area contributed by atoms with E-state index >= 15 is 0 Å². The van der Waals surface area contributed by atoms with Crippen molar-refractivity contribution in [1.29, 1.82) is 0 Å². The van der Waals surface area contributed by atoms with Gasteiger partial charge in [0.25, 0.3) is 5.25 Å². The van der Waals surface area contributed by atoms with Crippen LogP contribution in [0.4, 0.5) is 5.69 Å². The Balaban J connectivity index is 2.41. The van der Waals surface area contributed by atoms with Crippen molar-refractivity contribution in [2.45, 2.75) is 127 Å². The summed E-state index contributed by atoms with van der Waals surface area (Å²) in [6.45, 7) is 2.26. The fraction of sp³-hybridized carbons (Fsp3) is 0.733. The molecule has 1 rings (SSSR count). The fourth-order valence-corrected chi connectivity index (χ4v) is 6.51. The van der Waals surface area contributed by atoms with Crippen LogP contribution in [0.3, 0.4) is 0 Å². The number of unbranched alkanes of at least 4 members (excludes halogenated alkanes) is 15. The maximum atomic E-state index is 13.4. The molecule has 0 saturated carbocycles. The van der Waals surface area contributed by atoms with Crippen LogP contribution in [0.5, 0.6) is 0 Å². The summed E-state index contributed by atoms with van der Waals surface area (Å²) in [5.41, 5.74) is 0.603. The number of hydrogen-bond acceptors (Lipinski definition) is 7. The summed E-state index contributed by atoms with van der Waals surface area (Å²) in [5.74, 6) is -2.27. The van der Waals surface area contributed by atoms with Crippen molar-refractivity contribution in [3.63, 3.8) is 0 Å². The van der Waals surface area contributed by atoms with Gasteiger partial charge < -0.3 is 14.8 Å². The Labute approximate surface area is 231 Å². The number of hydrogen-bond donors (Lipinski definition) is 1. The molecule has 0 aromatic heterocycles. The van der Waals surface area contributed by atoms with E-state index in [4.69, 9.17) is 0 Å². The van der Waals surface area contributed by atoms with E-state index in [-0.39, 0.29) is 6.42 Å². The minimum Gasteiger partial charge on any atom is -0.468 e. The zero-order chi connectivity index (χ0) is 28.1. The molecule has 0 spiro atoms. The number of nitrogens with one attached hydrogen (secondary N) is 1. The van der Waals surface area contributed by atoms with Gasteiger partial charge in [-0.1, -0.05) is 128 Å². The lowest BCUT2D eigenvalue weighted by Gasteiger charge is -2.23. The average Bonchev–Trinajstić information content (AvgIpc) is 2.92. The van der Waals surface area contributed by atoms with Crippen LogP contribution in [-0.4, -0.2) is 45.2 Å². The van der Waals surface area contributed by atoms with Crippen molar-refractivity contribution in [2.75, 3.05) is 19.5 Å². The maximum absolute atomic E-state index is 13.4. The van der Waals surface area contributed by atoms with E-state index in [1.165, 1.54) is 77.0 Å². The van der Waals surface area contributed by atoms with Gasteiger partial charge in [0.2, 0.25) is 0 Å². The summed E-state index contributed by atoms with van der Waals surface area (Å²) in [7, 11) is -2.15. The van der Waals surface area contributed by atoms with Crippen molar-refractivity contribution in [1.82, 2.24) is 0 Å². The van der Waals surface area contributed by atoms with E-state index in [1.54, 1.807) is 24.3 Å². The molecular weight excluding hydrogens is 502 g/mol. The molecule has 1 aromatic rings. The third-order valence-corrected chi connectivity index (χ3v) is 9.17. The predicted molar refractivity (Wildman–Crippen MR) is 155 cm³/mol. The molecular formula is C30H51NO6S. The molecule has 1 atom stereocenters. The Morgan fingerprint density at radius 3 is 1.47 bits per heavy atom. The molecule has 7 nitrogen and oxygen atoms in total. The number of para-hydroxylation sites is 1. The molecule has 0 aliphatic heterocycles. The van der Waals surface area contributed by atoms with Crippen molar-refractivity contribution in [3.05, 3.63) is 30.3 Å². The topological polar surface area (TPSA) is 98.8 Å². The number of carbonyl (C=O) groups excluding carboxylic acids is 2. The number of rotatable bonds is 23. The molecule has 0 aliphatic carbocycles. The van der Waals surface area contributed by atoms with Crippen LogP contribution in [0, 0.1) is 0 Å². The second-order valence-electron chi connectivity index (χ2n) is 10.1. The molecule has 0 bridgehead atoms. The van der Waals surface area contributed by atoms with Crippen molar-refractivity contribution >= 4 is 27.5 Å². The van der Waals surface area contributed by atoms with Gasteiger partial charge in [-0.15, -0.1) is 0 Å². The summed E-state index contributed by atoms with van der Waals surface area (Å²) >= 11 is 0. The van der Waals surface area contributed by atoms with Gasteiger partial charge in [-0.25, -0.2) is 8.42 Å². The normalized spacial score (nSPS) is 12.3. The molecule has 1 aromatic carbocycles. The molecule has 8 heteroatoms. The van der Waals surface area contributed by atoms with E-state index in [0.29, 0.717) is 12.1 Å². The average molecular weight is 554 g/mol. The highest BCUT2D eigenvalue weighted by Gasteiger charge is 2.45. The van der Waals surface area contributed by atoms with Crippen LogP contribution < -0.4 is 5.32 Å². The highest BCUT2D eigenvalue weighted by molar-refractivity contribution is 7.94. The summed E-state index contributed by atoms with van der Waals surface area (Å²) < 4.78 is 35.9. The Bertz CT molecular complexity index is 843. The number of sulfone groups is 1. The smallest absolute Gasteiger partial charge is 0.335 e. The highest BCUT2D eigenvalue weighted by atomic mass is 32.2. The van der Waals surface area contributed by atoms with Crippen LogP contribution in [-0.2, 0) is 28.9 Å². The lowest BCUT2D eigenvalue weighted by Crippen LogP contribution is -2.47. The first-order chi connectivity index (χ1) is 18.4. The van der Waals surface area contributed by atoms with E-state index in [0.717, 1.165) is 33.5 Å². The molecule has 38 heavy (non-hydrogen) atoms. The summed E-state index contributed by atoms with van der Waals surface area (Å²) in [6, 6.07) is 8.91. The van der Waals surface area contributed by atoms with E-state index in [2.05, 4.69) is 21.7 Å². The van der Waals surface area contributed by atoms with Crippen molar-refractivity contribution < 1.29 is 27.5 Å². The van der Waals surface area contributed by atoms with Crippen LogP contribution in [0.2, 0.25) is 0 Å². The monoisotopic (exact) mass is 553 g/mol. The standard InChI is InChI=1S/C30H51NO6S/c1-4-5-6-7-8-9-10-11-12-13-14-15-16-17-18-22-25-27(31-26-23-20-19-21-24-26)38(34,35)28(29(32)36-2)30(33)37-3/h19-21,23-24,27-28,31H,4-18,22,25H2,1-3H3. The second-order valence-corrected chi connectivity index (χ2v) is 12.3. The molecule has 1 unspecified atom stereocenters. The first-order valence-corrected chi connectivity index (χ1v) is 16.2. The van der Waals surface area contributed by atoms with Crippen LogP contribution in [0.25, 0.3) is 0 Å². The molecule has 0 aliphatic rings. The number of ether oxygens (including phenoxy) is 2. The van der Waals surface area contributed by atoms with Crippen molar-refractivity contribution in [2.24, 2.45) is 0 Å². The Kier molecular flexibility index (Phi) is 18.6. The lowest BCUT2D eigenvalue weighted by molar-refractivity contribution is -0.150. The summed E-state index contributed by atoms with van der Waals surface area (Å²) in [6.07, 6.45) is 20.0. The van der Waals surface area contributed by atoms with Gasteiger partial charge in [-0.05, 0) is 18.6 Å². The SMILES string of the molecule is CCCCCCCCCCCCCCCCCCC(Nc1ccccc1)S(=O)(=O)C(C(=O)OC)C(=O)OC. The van der Waals surface area contributed by atoms with E-state index in [9.17, 15) is 18.0 Å². The van der Waals surface area contributed by atoms with Gasteiger partial charge in [-0.3, -0.25) is 9.59 Å². The van der Waals surface area contributed by atoms with Gasteiger partial charge in [0.15, 0.2) is 9.84 Å². The number of esters is 2. The van der Waals surface area contributed by atoms with Crippen LogP contribution in [0.1, 0.15) is 116 Å². The van der Waals surface area contributed by atoms with Crippen LogP contribution in [0.15, 0.2) is 30.3 Å². The quantitative estimate of drug-likeness (QED) is 0.0868. The summed E-state index contributed by atoms with van der Waals surface area (Å²) in [5, 5.41) is -0.119. The van der Waals surface area contributed by atoms with Gasteiger partial charge >= 0.3 is 11.9 Å². The molecule has 0 radical (unpaired) electrons. The third-order valence-electron chi connectivity index (χ3n) is 6.98. The Morgan fingerprint density at radius 1 is 0.684 bits per heavy atom. The Morgan fingerprint density at radius 2 is 1.08 bits per heavy atom. The predicted octanol–water partition coefficient (Wildman–Crippen LogP) is 7.21. The molecule has 0 fully saturated rings. The molecule has 0 saturated heterocycles. The molecule has 0 amide bonds. The molecule has 218 valence electrons. The third kappa shape index (κ3) is 13.6. The van der Waals surface area contributed by atoms with E-state index in [1.807, 2.05) is 6.07 Å². The number of methoxy groups -OCH3 is 2. The fourth-order valence-electron chi connectivity index (χ4n) is 4.66. The lowest BCUT2D eigenvalue weighted by atomic mass is 10.0. The first kappa shape index (κ1) is 33.9. The number of anilines is 1. The zero-order valence-electron chi connectivity index (χ0n) is 23.9. The Hall–Kier alpha value is -2.09. The maximum Gasteiger partial charge on any atom is 0.335 e. The molecule has 0 heterocycles. The van der Waals surface area contributed by atoms with Gasteiger partial charge in [0.05, 0.1) is 14.2 Å². The number of benzene rings is 1. The largest absolute Gasteiger partial charge is 0.468 e. The minimum atomic E-state index is -4.26. The molecule has 1 N–H and O–H groups in total. The van der Waals surface area contributed by atoms with Gasteiger partial charge in [0, 0.05) is 5.69 Å². The number of carbonyl (C=O) groups is 2. The van der Waals surface area contributed by atoms with Crippen LogP contribution >= 0.6 is 0 Å². The van der Waals surface area contributed by atoms with Gasteiger partial charge in [0.1, 0.15) is 5.37 Å². The van der Waals surface area contributed by atoms with Gasteiger partial charge in [-0.2, -0.15) is 0 Å². The minimum absolute atomic E-state index is 0.278. The van der Waals surface area contributed by atoms with Crippen molar-refractivity contribution in [3.8, 4) is 0 Å².